The van der Waals surface area contributed by atoms with Crippen LogP contribution in [0.25, 0.3) is 0 Å². The van der Waals surface area contributed by atoms with Crippen LogP contribution in [0.15, 0.2) is 18.3 Å². The maximum absolute atomic E-state index is 11.2. The van der Waals surface area contributed by atoms with Crippen molar-refractivity contribution in [3.05, 3.63) is 28.7 Å². The number of rotatable bonds is 3. The monoisotopic (exact) mass is 229 g/mol. The van der Waals surface area contributed by atoms with E-state index >= 15 is 0 Å². The normalized spacial score (nSPS) is 9.73. The summed E-state index contributed by atoms with van der Waals surface area (Å²) >= 11 is 5.58. The van der Waals surface area contributed by atoms with Gasteiger partial charge in [0.25, 0.3) is 5.15 Å². The number of carbonyl (C=O) groups excluding carboxylic acids is 1. The smallest absolute Gasteiger partial charge is 0.319 e. The maximum atomic E-state index is 11.2. The van der Waals surface area contributed by atoms with Gasteiger partial charge in [0, 0.05) is 18.7 Å². The third-order valence-corrected chi connectivity index (χ3v) is 1.94. The molecule has 1 aromatic heterocycles. The molecule has 1 rings (SSSR count). The Balaban J connectivity index is 2.57. The number of carbonyl (C=O) groups is 1. The van der Waals surface area contributed by atoms with Gasteiger partial charge in [-0.3, -0.25) is 0 Å². The molecule has 0 aliphatic carbocycles. The highest BCUT2D eigenvalue weighted by atomic mass is 35.5. The summed E-state index contributed by atoms with van der Waals surface area (Å²) in [6.07, 6.45) is 2.10. The minimum atomic E-state index is -0.309. The van der Waals surface area contributed by atoms with Crippen molar-refractivity contribution in [2.75, 3.05) is 11.9 Å². The number of urea groups is 1. The molecule has 2 N–H and O–H groups in total. The van der Waals surface area contributed by atoms with E-state index in [0.717, 1.165) is 6.42 Å². The van der Waals surface area contributed by atoms with E-state index in [-0.39, 0.29) is 11.2 Å². The molecule has 82 valence electrons. The topological polar surface area (TPSA) is 68.1 Å². The Bertz CT molecular complexity index is 357. The van der Waals surface area contributed by atoms with Gasteiger partial charge in [-0.2, -0.15) is 4.73 Å². The van der Waals surface area contributed by atoms with Crippen LogP contribution in [0.5, 0.6) is 0 Å². The van der Waals surface area contributed by atoms with Crippen LogP contribution in [0.3, 0.4) is 0 Å². The van der Waals surface area contributed by atoms with E-state index in [4.69, 9.17) is 11.6 Å². The zero-order chi connectivity index (χ0) is 11.3. The van der Waals surface area contributed by atoms with Gasteiger partial charge in [0.1, 0.15) is 0 Å². The molecule has 0 bridgehead atoms. The Labute approximate surface area is 92.6 Å². The fraction of sp³-hybridized carbons (Fsp3) is 0.333. The molecule has 0 aromatic carbocycles. The minimum Gasteiger partial charge on any atom is -0.618 e. The van der Waals surface area contributed by atoms with E-state index in [0.29, 0.717) is 17.0 Å². The molecule has 6 heteroatoms. The molecule has 0 unspecified atom stereocenters. The highest BCUT2D eigenvalue weighted by Crippen LogP contribution is 2.09. The number of hydrogen-bond acceptors (Lipinski definition) is 2. The molecule has 0 aliphatic heterocycles. The Morgan fingerprint density at radius 1 is 1.67 bits per heavy atom. The number of halogens is 1. The number of pyridine rings is 1. The van der Waals surface area contributed by atoms with Gasteiger partial charge in [0.05, 0.1) is 5.69 Å². The fourth-order valence-corrected chi connectivity index (χ4v) is 1.12. The SMILES string of the molecule is CCCNC(=O)Nc1cc[n+]([O-])c(Cl)c1. The van der Waals surface area contributed by atoms with Crippen molar-refractivity contribution >= 4 is 23.3 Å². The summed E-state index contributed by atoms with van der Waals surface area (Å²) in [4.78, 5) is 11.2. The predicted octanol–water partition coefficient (Wildman–Crippen LogP) is 1.50. The summed E-state index contributed by atoms with van der Waals surface area (Å²) in [6.45, 7) is 2.56. The molecule has 1 heterocycles. The maximum Gasteiger partial charge on any atom is 0.319 e. The highest BCUT2D eigenvalue weighted by molar-refractivity contribution is 6.28. The minimum absolute atomic E-state index is 0.0169. The van der Waals surface area contributed by atoms with Crippen LogP contribution in [-0.4, -0.2) is 12.6 Å². The quantitative estimate of drug-likeness (QED) is 0.469. The van der Waals surface area contributed by atoms with Crippen LogP contribution in [0.1, 0.15) is 13.3 Å². The van der Waals surface area contributed by atoms with Crippen LogP contribution in [-0.2, 0) is 0 Å². The molecule has 0 aliphatic rings. The van der Waals surface area contributed by atoms with E-state index in [2.05, 4.69) is 10.6 Å². The van der Waals surface area contributed by atoms with Gasteiger partial charge in [0.15, 0.2) is 6.20 Å². The number of hydrogen-bond donors (Lipinski definition) is 2. The molecular formula is C9H12ClN3O2. The van der Waals surface area contributed by atoms with Gasteiger partial charge in [-0.15, -0.1) is 0 Å². The first-order valence-electron chi connectivity index (χ1n) is 4.57. The Hall–Kier alpha value is -1.49. The third-order valence-electron chi connectivity index (χ3n) is 1.67. The zero-order valence-corrected chi connectivity index (χ0v) is 9.04. The lowest BCUT2D eigenvalue weighted by atomic mass is 10.4. The second kappa shape index (κ2) is 5.41. The summed E-state index contributed by atoms with van der Waals surface area (Å²) in [6, 6.07) is 2.56. The third kappa shape index (κ3) is 3.63. The molecule has 5 nitrogen and oxygen atoms in total. The van der Waals surface area contributed by atoms with Crippen LogP contribution < -0.4 is 15.4 Å². The first kappa shape index (κ1) is 11.6. The van der Waals surface area contributed by atoms with E-state index in [9.17, 15) is 10.0 Å². The molecule has 0 radical (unpaired) electrons. The summed E-state index contributed by atoms with van der Waals surface area (Å²) in [5.74, 6) is 0. The number of amides is 2. The lowest BCUT2D eigenvalue weighted by Crippen LogP contribution is -2.30. The van der Waals surface area contributed by atoms with E-state index < -0.39 is 0 Å². The predicted molar refractivity (Wildman–Crippen MR) is 57.7 cm³/mol. The van der Waals surface area contributed by atoms with Gasteiger partial charge >= 0.3 is 6.03 Å². The van der Waals surface area contributed by atoms with Crippen molar-refractivity contribution in [2.45, 2.75) is 13.3 Å². The van der Waals surface area contributed by atoms with Gasteiger partial charge in [-0.25, -0.2) is 4.79 Å². The van der Waals surface area contributed by atoms with Crippen LogP contribution in [0.2, 0.25) is 5.15 Å². The number of aromatic nitrogens is 1. The lowest BCUT2D eigenvalue weighted by Gasteiger charge is -2.06. The number of nitrogens with one attached hydrogen (secondary N) is 2. The molecular weight excluding hydrogens is 218 g/mol. The molecule has 1 aromatic rings. The van der Waals surface area contributed by atoms with E-state index in [1.165, 1.54) is 18.3 Å². The molecule has 0 saturated heterocycles. The summed E-state index contributed by atoms with van der Waals surface area (Å²) in [7, 11) is 0. The second-order valence-corrected chi connectivity index (χ2v) is 3.33. The molecule has 2 amide bonds. The average Bonchev–Trinajstić information content (AvgIpc) is 2.20. The van der Waals surface area contributed by atoms with Gasteiger partial charge < -0.3 is 15.8 Å². The lowest BCUT2D eigenvalue weighted by molar-refractivity contribution is -0.602. The van der Waals surface area contributed by atoms with Crippen LogP contribution in [0.4, 0.5) is 10.5 Å². The molecule has 0 atom stereocenters. The molecule has 0 saturated carbocycles. The van der Waals surface area contributed by atoms with Crippen molar-refractivity contribution in [2.24, 2.45) is 0 Å². The van der Waals surface area contributed by atoms with Gasteiger partial charge in [-0.05, 0) is 18.0 Å². The summed E-state index contributed by atoms with van der Waals surface area (Å²) in [5.41, 5.74) is 0.487. The number of anilines is 1. The zero-order valence-electron chi connectivity index (χ0n) is 8.29. The van der Waals surface area contributed by atoms with Crippen LogP contribution >= 0.6 is 11.6 Å². The first-order valence-corrected chi connectivity index (χ1v) is 4.95. The van der Waals surface area contributed by atoms with Crippen molar-refractivity contribution in [1.29, 1.82) is 0 Å². The molecule has 15 heavy (non-hydrogen) atoms. The largest absolute Gasteiger partial charge is 0.618 e. The van der Waals surface area contributed by atoms with Crippen molar-refractivity contribution in [3.8, 4) is 0 Å². The summed E-state index contributed by atoms with van der Waals surface area (Å²) < 4.78 is 0.511. The Morgan fingerprint density at radius 3 is 3.00 bits per heavy atom. The van der Waals surface area contributed by atoms with Crippen molar-refractivity contribution in [1.82, 2.24) is 5.32 Å². The van der Waals surface area contributed by atoms with Crippen LogP contribution in [0, 0.1) is 5.21 Å². The second-order valence-electron chi connectivity index (χ2n) is 2.94. The van der Waals surface area contributed by atoms with Crippen molar-refractivity contribution in [3.63, 3.8) is 0 Å². The first-order chi connectivity index (χ1) is 7.13. The van der Waals surface area contributed by atoms with Crippen molar-refractivity contribution < 1.29 is 9.52 Å². The van der Waals surface area contributed by atoms with Gasteiger partial charge in [-0.1, -0.05) is 6.92 Å². The van der Waals surface area contributed by atoms with Gasteiger partial charge in [0.2, 0.25) is 0 Å². The standard InChI is InChI=1S/C9H12ClN3O2/c1-2-4-11-9(14)12-7-3-5-13(15)8(10)6-7/h3,5-6H,2,4H2,1H3,(H2,11,12,14). The fourth-order valence-electron chi connectivity index (χ4n) is 0.951. The van der Waals surface area contributed by atoms with E-state index in [1.54, 1.807) is 0 Å². The Morgan fingerprint density at radius 2 is 2.40 bits per heavy atom. The average molecular weight is 230 g/mol. The molecule has 0 spiro atoms. The van der Waals surface area contributed by atoms with E-state index in [1.807, 2.05) is 6.92 Å². The summed E-state index contributed by atoms with van der Waals surface area (Å²) in [5, 5.41) is 16.1. The number of nitrogens with zero attached hydrogens (tertiary/aromatic N) is 1. The molecule has 0 fully saturated rings. The highest BCUT2D eigenvalue weighted by Gasteiger charge is 2.05. The Kier molecular flexibility index (Phi) is 4.17.